The lowest BCUT2D eigenvalue weighted by atomic mass is 10.2. The number of hydrogen-bond acceptors (Lipinski definition) is 7. The number of likely N-dealkylation sites (N-methyl/N-ethyl adjacent to an activating group) is 1. The lowest BCUT2D eigenvalue weighted by molar-refractivity contribution is 0.0757. The van der Waals surface area contributed by atoms with Gasteiger partial charge in [-0.05, 0) is 32.1 Å². The minimum absolute atomic E-state index is 0.102. The molecule has 1 aromatic heterocycles. The van der Waals surface area contributed by atoms with E-state index in [0.29, 0.717) is 41.0 Å². The molecule has 2 heterocycles. The number of aromatic nitrogens is 1. The van der Waals surface area contributed by atoms with Crippen LogP contribution in [0, 0.1) is 0 Å². The first-order valence-electron chi connectivity index (χ1n) is 8.98. The van der Waals surface area contributed by atoms with Gasteiger partial charge in [0.05, 0.1) is 14.2 Å². The molecule has 1 aliphatic heterocycles. The maximum absolute atomic E-state index is 12.7. The van der Waals surface area contributed by atoms with Crippen LogP contribution >= 0.6 is 11.3 Å². The topological polar surface area (TPSA) is 84.0 Å². The minimum atomic E-state index is -0.345. The molecule has 9 heteroatoms. The van der Waals surface area contributed by atoms with Crippen LogP contribution in [0.2, 0.25) is 0 Å². The zero-order chi connectivity index (χ0) is 20.1. The van der Waals surface area contributed by atoms with E-state index in [-0.39, 0.29) is 11.8 Å². The van der Waals surface area contributed by atoms with Crippen molar-refractivity contribution in [3.05, 3.63) is 34.8 Å². The van der Waals surface area contributed by atoms with E-state index in [2.05, 4.69) is 22.2 Å². The third-order valence-electron chi connectivity index (χ3n) is 4.56. The van der Waals surface area contributed by atoms with Gasteiger partial charge < -0.3 is 19.3 Å². The highest BCUT2D eigenvalue weighted by atomic mass is 32.1. The second-order valence-corrected chi connectivity index (χ2v) is 7.40. The third-order valence-corrected chi connectivity index (χ3v) is 5.32. The maximum atomic E-state index is 12.7. The van der Waals surface area contributed by atoms with Crippen molar-refractivity contribution < 1.29 is 19.1 Å². The number of nitrogens with zero attached hydrogens (tertiary/aromatic N) is 3. The number of amides is 2. The number of carbonyl (C=O) groups excluding carboxylic acids is 2. The number of carbonyl (C=O) groups is 2. The van der Waals surface area contributed by atoms with Crippen molar-refractivity contribution in [3.63, 3.8) is 0 Å². The molecular formula is C19H24N4O4S. The smallest absolute Gasteiger partial charge is 0.273 e. The fourth-order valence-corrected chi connectivity index (χ4v) is 3.63. The average molecular weight is 404 g/mol. The average Bonchev–Trinajstić information content (AvgIpc) is 3.06. The quantitative estimate of drug-likeness (QED) is 0.822. The molecule has 8 nitrogen and oxygen atoms in total. The molecule has 2 amide bonds. The number of ether oxygens (including phenoxy) is 2. The molecule has 1 aromatic carbocycles. The van der Waals surface area contributed by atoms with E-state index in [1.807, 2.05) is 4.90 Å². The number of thiazole rings is 1. The molecule has 0 spiro atoms. The monoisotopic (exact) mass is 404 g/mol. The van der Waals surface area contributed by atoms with Gasteiger partial charge in [-0.1, -0.05) is 0 Å². The molecule has 0 atom stereocenters. The molecule has 1 saturated heterocycles. The van der Waals surface area contributed by atoms with E-state index in [1.54, 1.807) is 23.6 Å². The summed E-state index contributed by atoms with van der Waals surface area (Å²) in [6, 6.07) is 4.92. The molecule has 0 radical (unpaired) electrons. The summed E-state index contributed by atoms with van der Waals surface area (Å²) < 4.78 is 10.4. The molecule has 2 aromatic rings. The van der Waals surface area contributed by atoms with Gasteiger partial charge in [-0.15, -0.1) is 11.3 Å². The highest BCUT2D eigenvalue weighted by molar-refractivity contribution is 7.14. The van der Waals surface area contributed by atoms with Gasteiger partial charge in [0.2, 0.25) is 0 Å². The molecule has 1 aliphatic rings. The fraction of sp³-hybridized carbons (Fsp3) is 0.421. The molecule has 0 unspecified atom stereocenters. The Morgan fingerprint density at radius 3 is 2.46 bits per heavy atom. The summed E-state index contributed by atoms with van der Waals surface area (Å²) in [5.41, 5.74) is 0.739. The van der Waals surface area contributed by atoms with Gasteiger partial charge in [0.15, 0.2) is 5.13 Å². The van der Waals surface area contributed by atoms with Gasteiger partial charge >= 0.3 is 0 Å². The summed E-state index contributed by atoms with van der Waals surface area (Å²) in [5, 5.41) is 4.79. The molecule has 150 valence electrons. The molecule has 0 aliphatic carbocycles. The van der Waals surface area contributed by atoms with Gasteiger partial charge in [-0.25, -0.2) is 4.98 Å². The standard InChI is InChI=1S/C19H24N4O4S/c1-22-5-4-6-23(8-7-22)18(25)16-12-28-19(20-16)21-17(24)13-9-14(26-2)11-15(10-13)27-3/h9-12H,4-8H2,1-3H3,(H,20,21,24). The lowest BCUT2D eigenvalue weighted by Crippen LogP contribution is -2.34. The summed E-state index contributed by atoms with van der Waals surface area (Å²) in [6.45, 7) is 3.22. The molecular weight excluding hydrogens is 380 g/mol. The Hall–Kier alpha value is -2.65. The lowest BCUT2D eigenvalue weighted by Gasteiger charge is -2.19. The summed E-state index contributed by atoms with van der Waals surface area (Å²) in [4.78, 5) is 33.6. The first-order chi connectivity index (χ1) is 13.5. The zero-order valence-electron chi connectivity index (χ0n) is 16.2. The number of hydrogen-bond donors (Lipinski definition) is 1. The predicted octanol–water partition coefficient (Wildman–Crippen LogP) is 2.19. The van der Waals surface area contributed by atoms with Crippen molar-refractivity contribution in [2.45, 2.75) is 6.42 Å². The fourth-order valence-electron chi connectivity index (χ4n) is 2.95. The summed E-state index contributed by atoms with van der Waals surface area (Å²) in [6.07, 6.45) is 0.938. The highest BCUT2D eigenvalue weighted by Gasteiger charge is 2.22. The Bertz CT molecular complexity index is 832. The van der Waals surface area contributed by atoms with Crippen LogP contribution in [0.1, 0.15) is 27.3 Å². The largest absolute Gasteiger partial charge is 0.497 e. The van der Waals surface area contributed by atoms with Crippen molar-refractivity contribution in [2.24, 2.45) is 0 Å². The van der Waals surface area contributed by atoms with Gasteiger partial charge in [-0.3, -0.25) is 14.9 Å². The van der Waals surface area contributed by atoms with E-state index in [9.17, 15) is 9.59 Å². The van der Waals surface area contributed by atoms with Gasteiger partial charge in [0.25, 0.3) is 11.8 Å². The molecule has 28 heavy (non-hydrogen) atoms. The van der Waals surface area contributed by atoms with Crippen LogP contribution < -0.4 is 14.8 Å². The first-order valence-corrected chi connectivity index (χ1v) is 9.86. The summed E-state index contributed by atoms with van der Waals surface area (Å²) >= 11 is 1.23. The summed E-state index contributed by atoms with van der Waals surface area (Å²) in [5.74, 6) is 0.591. The van der Waals surface area contributed by atoms with Crippen molar-refractivity contribution in [1.29, 1.82) is 0 Å². The van der Waals surface area contributed by atoms with Crippen molar-refractivity contribution in [2.75, 3.05) is 52.8 Å². The van der Waals surface area contributed by atoms with Crippen LogP contribution in [0.4, 0.5) is 5.13 Å². The minimum Gasteiger partial charge on any atom is -0.497 e. The van der Waals surface area contributed by atoms with E-state index < -0.39 is 0 Å². The van der Waals surface area contributed by atoms with Crippen LogP contribution in [-0.2, 0) is 0 Å². The van der Waals surface area contributed by atoms with Gasteiger partial charge in [0, 0.05) is 36.6 Å². The van der Waals surface area contributed by atoms with Crippen molar-refractivity contribution in [1.82, 2.24) is 14.8 Å². The molecule has 1 N–H and O–H groups in total. The van der Waals surface area contributed by atoms with Crippen LogP contribution in [-0.4, -0.2) is 74.0 Å². The molecule has 3 rings (SSSR count). The Kier molecular flexibility index (Phi) is 6.48. The maximum Gasteiger partial charge on any atom is 0.273 e. The number of rotatable bonds is 5. The SMILES string of the molecule is COc1cc(OC)cc(C(=O)Nc2nc(C(=O)N3CCCN(C)CC3)cs2)c1. The predicted molar refractivity (Wildman–Crippen MR) is 108 cm³/mol. The van der Waals surface area contributed by atoms with E-state index in [1.165, 1.54) is 25.6 Å². The molecule has 0 saturated carbocycles. The van der Waals surface area contributed by atoms with Crippen LogP contribution in [0.3, 0.4) is 0 Å². The Morgan fingerprint density at radius 2 is 1.79 bits per heavy atom. The van der Waals surface area contributed by atoms with E-state index in [4.69, 9.17) is 9.47 Å². The highest BCUT2D eigenvalue weighted by Crippen LogP contribution is 2.24. The van der Waals surface area contributed by atoms with Crippen LogP contribution in [0.5, 0.6) is 11.5 Å². The molecule has 1 fully saturated rings. The first kappa shape index (κ1) is 20.1. The summed E-state index contributed by atoms with van der Waals surface area (Å²) in [7, 11) is 5.10. The zero-order valence-corrected chi connectivity index (χ0v) is 17.0. The number of methoxy groups -OCH3 is 2. The van der Waals surface area contributed by atoms with E-state index in [0.717, 1.165) is 19.5 Å². The normalized spacial score (nSPS) is 15.0. The Morgan fingerprint density at radius 1 is 1.07 bits per heavy atom. The molecule has 0 bridgehead atoms. The number of benzene rings is 1. The second kappa shape index (κ2) is 9.03. The Labute approximate surface area is 168 Å². The van der Waals surface area contributed by atoms with Crippen LogP contribution in [0.25, 0.3) is 0 Å². The van der Waals surface area contributed by atoms with Crippen molar-refractivity contribution in [3.8, 4) is 11.5 Å². The third kappa shape index (κ3) is 4.79. The Balaban J connectivity index is 1.69. The van der Waals surface area contributed by atoms with E-state index >= 15 is 0 Å². The van der Waals surface area contributed by atoms with Crippen molar-refractivity contribution >= 4 is 28.3 Å². The van der Waals surface area contributed by atoms with Crippen LogP contribution in [0.15, 0.2) is 23.6 Å². The van der Waals surface area contributed by atoms with Gasteiger partial charge in [-0.2, -0.15) is 0 Å². The number of anilines is 1. The number of nitrogens with one attached hydrogen (secondary N) is 1. The van der Waals surface area contributed by atoms with Gasteiger partial charge in [0.1, 0.15) is 17.2 Å². The second-order valence-electron chi connectivity index (χ2n) is 6.54.